The number of aromatic amines is 1. The molecular weight excluding hydrogens is 282 g/mol. The van der Waals surface area contributed by atoms with E-state index in [9.17, 15) is 13.2 Å². The minimum absolute atomic E-state index is 0.242. The Morgan fingerprint density at radius 2 is 2.05 bits per heavy atom. The Morgan fingerprint density at radius 1 is 1.40 bits per heavy atom. The molecule has 2 N–H and O–H groups in total. The summed E-state index contributed by atoms with van der Waals surface area (Å²) in [4.78, 5) is 11.2. The molecular formula is C12H19N3O4S. The Bertz CT molecular complexity index is 623. The third kappa shape index (κ3) is 2.45. The van der Waals surface area contributed by atoms with Crippen LogP contribution >= 0.6 is 0 Å². The zero-order valence-electron chi connectivity index (χ0n) is 11.8. The maximum atomic E-state index is 12.6. The van der Waals surface area contributed by atoms with Gasteiger partial charge in [-0.3, -0.25) is 5.10 Å². The summed E-state index contributed by atoms with van der Waals surface area (Å²) in [6.07, 6.45) is 0.770. The van der Waals surface area contributed by atoms with Crippen molar-refractivity contribution in [2.75, 3.05) is 13.1 Å². The number of hydrogen-bond acceptors (Lipinski definition) is 4. The largest absolute Gasteiger partial charge is 0.478 e. The third-order valence-corrected chi connectivity index (χ3v) is 5.80. The highest BCUT2D eigenvalue weighted by atomic mass is 32.2. The highest BCUT2D eigenvalue weighted by molar-refractivity contribution is 7.89. The summed E-state index contributed by atoms with van der Waals surface area (Å²) in [7, 11) is -3.86. The number of carboxylic acids is 1. The number of H-pyrrole nitrogens is 1. The second-order valence-corrected chi connectivity index (χ2v) is 7.29. The summed E-state index contributed by atoms with van der Waals surface area (Å²) in [5.41, 5.74) is -0.0224. The van der Waals surface area contributed by atoms with E-state index in [1.165, 1.54) is 11.2 Å². The van der Waals surface area contributed by atoms with Gasteiger partial charge < -0.3 is 5.11 Å². The van der Waals surface area contributed by atoms with Gasteiger partial charge in [0.2, 0.25) is 5.03 Å². The van der Waals surface area contributed by atoms with Crippen LogP contribution in [0.15, 0.2) is 5.03 Å². The molecule has 0 aromatic carbocycles. The molecule has 2 rings (SSSR count). The average molecular weight is 301 g/mol. The first-order chi connectivity index (χ1) is 9.25. The summed E-state index contributed by atoms with van der Waals surface area (Å²) in [5.74, 6) is -0.582. The predicted molar refractivity (Wildman–Crippen MR) is 72.0 cm³/mol. The molecule has 0 saturated carbocycles. The maximum absolute atomic E-state index is 12.6. The van der Waals surface area contributed by atoms with Crippen molar-refractivity contribution < 1.29 is 18.3 Å². The van der Waals surface area contributed by atoms with Crippen molar-refractivity contribution in [1.29, 1.82) is 0 Å². The molecule has 0 amide bonds. The normalized spacial score (nSPS) is 24.8. The van der Waals surface area contributed by atoms with Crippen LogP contribution in [0, 0.1) is 18.8 Å². The molecule has 1 aliphatic heterocycles. The molecule has 2 unspecified atom stereocenters. The van der Waals surface area contributed by atoms with Crippen LogP contribution in [0.1, 0.15) is 36.3 Å². The molecule has 1 aromatic rings. The second kappa shape index (κ2) is 5.17. The van der Waals surface area contributed by atoms with E-state index in [1.54, 1.807) is 0 Å². The van der Waals surface area contributed by atoms with E-state index in [0.29, 0.717) is 19.0 Å². The number of sulfonamides is 1. The lowest BCUT2D eigenvalue weighted by atomic mass is 9.90. The number of carboxylic acid groups (broad SMARTS) is 1. The molecule has 0 bridgehead atoms. The maximum Gasteiger partial charge on any atom is 0.340 e. The summed E-state index contributed by atoms with van der Waals surface area (Å²) >= 11 is 0. The molecule has 2 heterocycles. The fourth-order valence-electron chi connectivity index (χ4n) is 2.41. The minimum Gasteiger partial charge on any atom is -0.478 e. The van der Waals surface area contributed by atoms with Crippen molar-refractivity contribution in [3.8, 4) is 0 Å². The van der Waals surface area contributed by atoms with Crippen LogP contribution in [-0.2, 0) is 10.0 Å². The van der Waals surface area contributed by atoms with Gasteiger partial charge in [0.25, 0.3) is 10.0 Å². The summed E-state index contributed by atoms with van der Waals surface area (Å²) in [5, 5.41) is 14.9. The molecule has 1 aliphatic rings. The van der Waals surface area contributed by atoms with Gasteiger partial charge in [0.1, 0.15) is 5.56 Å². The van der Waals surface area contributed by atoms with Crippen LogP contribution in [0.2, 0.25) is 0 Å². The fourth-order valence-corrected chi connectivity index (χ4v) is 4.09. The Kier molecular flexibility index (Phi) is 3.88. The molecule has 20 heavy (non-hydrogen) atoms. The van der Waals surface area contributed by atoms with E-state index in [0.717, 1.165) is 6.42 Å². The predicted octanol–water partition coefficient (Wildman–Crippen LogP) is 1.08. The van der Waals surface area contributed by atoms with Crippen molar-refractivity contribution in [3.05, 3.63) is 11.3 Å². The Hall–Kier alpha value is -1.41. The highest BCUT2D eigenvalue weighted by Crippen LogP contribution is 2.28. The van der Waals surface area contributed by atoms with Crippen molar-refractivity contribution in [2.24, 2.45) is 11.8 Å². The van der Waals surface area contributed by atoms with Crippen LogP contribution in [0.5, 0.6) is 0 Å². The van der Waals surface area contributed by atoms with Gasteiger partial charge in [0, 0.05) is 18.8 Å². The van der Waals surface area contributed by atoms with Crippen LogP contribution in [-0.4, -0.2) is 47.1 Å². The monoisotopic (exact) mass is 301 g/mol. The van der Waals surface area contributed by atoms with Crippen molar-refractivity contribution in [1.82, 2.24) is 14.5 Å². The second-order valence-electron chi connectivity index (χ2n) is 5.44. The van der Waals surface area contributed by atoms with Gasteiger partial charge in [0.15, 0.2) is 0 Å². The molecule has 2 atom stereocenters. The van der Waals surface area contributed by atoms with Gasteiger partial charge in [-0.25, -0.2) is 13.2 Å². The van der Waals surface area contributed by atoms with E-state index in [4.69, 9.17) is 5.11 Å². The molecule has 1 aromatic heterocycles. The van der Waals surface area contributed by atoms with Crippen LogP contribution in [0.4, 0.5) is 0 Å². The first kappa shape index (κ1) is 15.0. The Morgan fingerprint density at radius 3 is 2.60 bits per heavy atom. The van der Waals surface area contributed by atoms with E-state index in [-0.39, 0.29) is 22.2 Å². The zero-order valence-corrected chi connectivity index (χ0v) is 12.6. The van der Waals surface area contributed by atoms with Crippen LogP contribution < -0.4 is 0 Å². The van der Waals surface area contributed by atoms with Crippen LogP contribution in [0.25, 0.3) is 0 Å². The topological polar surface area (TPSA) is 103 Å². The Balaban J connectivity index is 2.39. The number of carbonyl (C=O) groups is 1. The fraction of sp³-hybridized carbons (Fsp3) is 0.667. The van der Waals surface area contributed by atoms with Gasteiger partial charge >= 0.3 is 5.97 Å². The van der Waals surface area contributed by atoms with Crippen molar-refractivity contribution >= 4 is 16.0 Å². The number of nitrogens with one attached hydrogen (secondary N) is 1. The molecule has 0 spiro atoms. The van der Waals surface area contributed by atoms with Gasteiger partial charge in [-0.2, -0.15) is 9.40 Å². The van der Waals surface area contributed by atoms with Gasteiger partial charge in [0.05, 0.1) is 0 Å². The third-order valence-electron chi connectivity index (χ3n) is 4.01. The molecule has 0 radical (unpaired) electrons. The van der Waals surface area contributed by atoms with Crippen molar-refractivity contribution in [3.63, 3.8) is 0 Å². The number of hydrogen-bond donors (Lipinski definition) is 2. The van der Waals surface area contributed by atoms with Gasteiger partial charge in [-0.05, 0) is 25.2 Å². The number of aromatic carboxylic acids is 1. The molecule has 7 nitrogen and oxygen atoms in total. The summed E-state index contributed by atoms with van der Waals surface area (Å²) in [6, 6.07) is 0. The molecule has 8 heteroatoms. The number of aromatic nitrogens is 2. The molecule has 1 fully saturated rings. The lowest BCUT2D eigenvalue weighted by molar-refractivity contribution is 0.0691. The number of nitrogens with zero attached hydrogens (tertiary/aromatic N) is 2. The summed E-state index contributed by atoms with van der Waals surface area (Å²) in [6.45, 7) is 6.39. The van der Waals surface area contributed by atoms with E-state index < -0.39 is 16.0 Å². The molecule has 1 saturated heterocycles. The number of piperidine rings is 1. The quantitative estimate of drug-likeness (QED) is 0.869. The Labute approximate surface area is 118 Å². The number of aryl methyl sites for hydroxylation is 1. The molecule has 112 valence electrons. The first-order valence-electron chi connectivity index (χ1n) is 6.53. The average Bonchev–Trinajstić information content (AvgIpc) is 2.75. The smallest absolute Gasteiger partial charge is 0.340 e. The highest BCUT2D eigenvalue weighted by Gasteiger charge is 2.36. The van der Waals surface area contributed by atoms with E-state index in [1.807, 2.05) is 6.92 Å². The SMILES string of the molecule is Cc1[nH]nc(S(=O)(=O)N2CCC(C)C(C)C2)c1C(=O)O. The number of rotatable bonds is 3. The minimum atomic E-state index is -3.86. The van der Waals surface area contributed by atoms with E-state index in [2.05, 4.69) is 17.1 Å². The first-order valence-corrected chi connectivity index (χ1v) is 7.97. The zero-order chi connectivity index (χ0) is 15.1. The van der Waals surface area contributed by atoms with E-state index >= 15 is 0 Å². The molecule has 0 aliphatic carbocycles. The lowest BCUT2D eigenvalue weighted by Crippen LogP contribution is -2.42. The van der Waals surface area contributed by atoms with Gasteiger partial charge in [-0.15, -0.1) is 0 Å². The van der Waals surface area contributed by atoms with Crippen molar-refractivity contribution in [2.45, 2.75) is 32.2 Å². The standard InChI is InChI=1S/C12H19N3O4S/c1-7-4-5-15(6-8(7)2)20(18,19)11-10(12(16)17)9(3)13-14-11/h7-8H,4-6H2,1-3H3,(H,13,14)(H,16,17). The van der Waals surface area contributed by atoms with Gasteiger partial charge in [-0.1, -0.05) is 13.8 Å². The van der Waals surface area contributed by atoms with Crippen LogP contribution in [0.3, 0.4) is 0 Å². The summed E-state index contributed by atoms with van der Waals surface area (Å²) < 4.78 is 26.4. The lowest BCUT2D eigenvalue weighted by Gasteiger charge is -2.33.